The third-order valence-electron chi connectivity index (χ3n) is 2.07. The van der Waals surface area contributed by atoms with E-state index in [1.807, 2.05) is 12.1 Å². The monoisotopic (exact) mass is 335 g/mol. The zero-order valence-corrected chi connectivity index (χ0v) is 13.2. The van der Waals surface area contributed by atoms with Crippen molar-refractivity contribution in [3.05, 3.63) is 34.3 Å². The van der Waals surface area contributed by atoms with Gasteiger partial charge in [0.1, 0.15) is 6.61 Å². The van der Waals surface area contributed by atoms with Crippen LogP contribution in [0.4, 0.5) is 0 Å². The van der Waals surface area contributed by atoms with E-state index in [2.05, 4.69) is 42.0 Å². The van der Waals surface area contributed by atoms with E-state index >= 15 is 0 Å². The Kier molecular flexibility index (Phi) is 7.52. The molecule has 5 heteroatoms. The van der Waals surface area contributed by atoms with E-state index in [1.54, 1.807) is 12.1 Å². The van der Waals surface area contributed by atoms with Crippen LogP contribution in [0.25, 0.3) is 0 Å². The number of ether oxygens (including phenoxy) is 1. The third kappa shape index (κ3) is 6.99. The van der Waals surface area contributed by atoms with Crippen LogP contribution in [0, 0.1) is 0 Å². The molecule has 0 aromatic heterocycles. The van der Waals surface area contributed by atoms with Gasteiger partial charge in [-0.2, -0.15) is 0 Å². The van der Waals surface area contributed by atoms with Crippen LogP contribution < -0.4 is 5.32 Å². The van der Waals surface area contributed by atoms with Crippen molar-refractivity contribution in [3.63, 3.8) is 0 Å². The highest BCUT2D eigenvalue weighted by atomic mass is 79.9. The van der Waals surface area contributed by atoms with Gasteiger partial charge in [0.05, 0.1) is 5.56 Å². The molecule has 0 atom stereocenters. The second-order valence-corrected chi connectivity index (χ2v) is 5.74. The molecule has 1 aromatic carbocycles. The fraction of sp³-hybridized carbons (Fsp3) is 0.462. The summed E-state index contributed by atoms with van der Waals surface area (Å²) in [6.07, 6.45) is 0. The van der Waals surface area contributed by atoms with Crippen LogP contribution in [0.2, 0.25) is 0 Å². The normalized spacial score (nSPS) is 10.7. The number of rotatable bonds is 4. The summed E-state index contributed by atoms with van der Waals surface area (Å²) < 4.78 is 6.09. The minimum atomic E-state index is -0.284. The lowest BCUT2D eigenvalue weighted by Gasteiger charge is -2.20. The zero-order valence-electron chi connectivity index (χ0n) is 10.8. The van der Waals surface area contributed by atoms with Gasteiger partial charge in [0.15, 0.2) is 0 Å². The Morgan fingerprint density at radius 2 is 1.83 bits per heavy atom. The van der Waals surface area contributed by atoms with Crippen LogP contribution in [-0.4, -0.2) is 24.7 Å². The summed E-state index contributed by atoms with van der Waals surface area (Å²) in [5.74, 6) is -0.284. The van der Waals surface area contributed by atoms with Crippen LogP contribution in [0.1, 0.15) is 31.1 Å². The van der Waals surface area contributed by atoms with E-state index in [0.717, 1.165) is 4.47 Å². The van der Waals surface area contributed by atoms with Gasteiger partial charge >= 0.3 is 5.97 Å². The second-order valence-electron chi connectivity index (χ2n) is 4.82. The molecule has 0 saturated carbocycles. The second kappa shape index (κ2) is 7.77. The predicted octanol–water partition coefficient (Wildman–Crippen LogP) is 3.42. The van der Waals surface area contributed by atoms with Crippen molar-refractivity contribution < 1.29 is 9.53 Å². The molecule has 0 bridgehead atoms. The number of nitrogens with one attached hydrogen (secondary N) is 1. The fourth-order valence-corrected chi connectivity index (χ4v) is 1.50. The van der Waals surface area contributed by atoms with Gasteiger partial charge in [-0.05, 0) is 45.0 Å². The lowest BCUT2D eigenvalue weighted by atomic mass is 10.1. The Morgan fingerprint density at radius 1 is 1.28 bits per heavy atom. The highest BCUT2D eigenvalue weighted by Crippen LogP contribution is 2.11. The van der Waals surface area contributed by atoms with Gasteiger partial charge in [0.2, 0.25) is 0 Å². The minimum Gasteiger partial charge on any atom is -0.461 e. The first-order chi connectivity index (χ1) is 7.88. The minimum absolute atomic E-state index is 0. The number of carbonyl (C=O) groups excluding carboxylic acids is 1. The number of halogens is 2. The molecule has 0 heterocycles. The van der Waals surface area contributed by atoms with Gasteiger partial charge < -0.3 is 10.1 Å². The van der Waals surface area contributed by atoms with E-state index in [9.17, 15) is 4.79 Å². The van der Waals surface area contributed by atoms with Crippen molar-refractivity contribution in [1.29, 1.82) is 0 Å². The highest BCUT2D eigenvalue weighted by Gasteiger charge is 2.09. The SMILES string of the molecule is CC(C)(C)NCCOC(=O)c1ccc(Br)cc1.Cl. The first-order valence-electron chi connectivity index (χ1n) is 5.56. The van der Waals surface area contributed by atoms with Crippen molar-refractivity contribution in [2.75, 3.05) is 13.2 Å². The van der Waals surface area contributed by atoms with Gasteiger partial charge in [-0.25, -0.2) is 4.79 Å². The largest absolute Gasteiger partial charge is 0.461 e. The quantitative estimate of drug-likeness (QED) is 0.676. The standard InChI is InChI=1S/C13H18BrNO2.ClH/c1-13(2,3)15-8-9-17-12(16)10-4-6-11(14)7-5-10;/h4-7,15H,8-9H2,1-3H3;1H. The van der Waals surface area contributed by atoms with Crippen molar-refractivity contribution in [1.82, 2.24) is 5.32 Å². The molecule has 0 fully saturated rings. The average molecular weight is 337 g/mol. The summed E-state index contributed by atoms with van der Waals surface area (Å²) in [6.45, 7) is 7.26. The summed E-state index contributed by atoms with van der Waals surface area (Å²) >= 11 is 3.32. The summed E-state index contributed by atoms with van der Waals surface area (Å²) in [7, 11) is 0. The molecular weight excluding hydrogens is 318 g/mol. The lowest BCUT2D eigenvalue weighted by Crippen LogP contribution is -2.38. The number of benzene rings is 1. The Morgan fingerprint density at radius 3 is 2.33 bits per heavy atom. The summed E-state index contributed by atoms with van der Waals surface area (Å²) in [5, 5.41) is 3.25. The van der Waals surface area contributed by atoms with E-state index in [0.29, 0.717) is 18.7 Å². The topological polar surface area (TPSA) is 38.3 Å². The first-order valence-corrected chi connectivity index (χ1v) is 6.35. The van der Waals surface area contributed by atoms with Crippen LogP contribution in [0.5, 0.6) is 0 Å². The molecular formula is C13H19BrClNO2. The molecule has 0 spiro atoms. The molecule has 18 heavy (non-hydrogen) atoms. The molecule has 102 valence electrons. The van der Waals surface area contributed by atoms with Gasteiger partial charge in [-0.15, -0.1) is 12.4 Å². The first kappa shape index (κ1) is 17.4. The number of hydrogen-bond acceptors (Lipinski definition) is 3. The summed E-state index contributed by atoms with van der Waals surface area (Å²) in [4.78, 5) is 11.6. The highest BCUT2D eigenvalue weighted by molar-refractivity contribution is 9.10. The molecule has 0 aliphatic carbocycles. The van der Waals surface area contributed by atoms with Crippen molar-refractivity contribution >= 4 is 34.3 Å². The molecule has 1 N–H and O–H groups in total. The predicted molar refractivity (Wildman–Crippen MR) is 79.4 cm³/mol. The number of hydrogen-bond donors (Lipinski definition) is 1. The Bertz CT molecular complexity index is 374. The molecule has 0 radical (unpaired) electrons. The zero-order chi connectivity index (χ0) is 12.9. The van der Waals surface area contributed by atoms with Crippen LogP contribution in [-0.2, 0) is 4.74 Å². The van der Waals surface area contributed by atoms with Crippen LogP contribution in [0.3, 0.4) is 0 Å². The smallest absolute Gasteiger partial charge is 0.338 e. The van der Waals surface area contributed by atoms with E-state index < -0.39 is 0 Å². The molecule has 1 aromatic rings. The Labute approximate surface area is 123 Å². The summed E-state index contributed by atoms with van der Waals surface area (Å²) in [5.41, 5.74) is 0.619. The van der Waals surface area contributed by atoms with E-state index in [-0.39, 0.29) is 23.9 Å². The third-order valence-corrected chi connectivity index (χ3v) is 2.60. The maximum atomic E-state index is 11.6. The average Bonchev–Trinajstić information content (AvgIpc) is 2.24. The number of esters is 1. The number of carbonyl (C=O) groups is 1. The molecule has 0 aliphatic heterocycles. The molecule has 0 unspecified atom stereocenters. The van der Waals surface area contributed by atoms with E-state index in [4.69, 9.17) is 4.74 Å². The Balaban J connectivity index is 0.00000289. The summed E-state index contributed by atoms with van der Waals surface area (Å²) in [6, 6.07) is 7.13. The molecule has 1 rings (SSSR count). The molecule has 3 nitrogen and oxygen atoms in total. The maximum absolute atomic E-state index is 11.6. The van der Waals surface area contributed by atoms with E-state index in [1.165, 1.54) is 0 Å². The van der Waals surface area contributed by atoms with Crippen LogP contribution in [0.15, 0.2) is 28.7 Å². The van der Waals surface area contributed by atoms with Gasteiger partial charge in [0, 0.05) is 16.6 Å². The van der Waals surface area contributed by atoms with Crippen LogP contribution >= 0.6 is 28.3 Å². The lowest BCUT2D eigenvalue weighted by molar-refractivity contribution is 0.0502. The van der Waals surface area contributed by atoms with Crippen molar-refractivity contribution in [2.24, 2.45) is 0 Å². The van der Waals surface area contributed by atoms with Gasteiger partial charge in [-0.1, -0.05) is 15.9 Å². The van der Waals surface area contributed by atoms with Gasteiger partial charge in [-0.3, -0.25) is 0 Å². The van der Waals surface area contributed by atoms with Gasteiger partial charge in [0.25, 0.3) is 0 Å². The maximum Gasteiger partial charge on any atom is 0.338 e. The molecule has 0 saturated heterocycles. The van der Waals surface area contributed by atoms with Crippen molar-refractivity contribution in [2.45, 2.75) is 26.3 Å². The Hall–Kier alpha value is -0.580. The molecule has 0 aliphatic rings. The van der Waals surface area contributed by atoms with Crippen molar-refractivity contribution in [3.8, 4) is 0 Å². The molecule has 0 amide bonds. The fourth-order valence-electron chi connectivity index (χ4n) is 1.24.